The Labute approximate surface area is 128 Å². The van der Waals surface area contributed by atoms with Gasteiger partial charge in [0.2, 0.25) is 0 Å². The molecular weight excluding hydrogens is 316 g/mol. The van der Waals surface area contributed by atoms with Crippen LogP contribution in [0.1, 0.15) is 36.8 Å². The van der Waals surface area contributed by atoms with E-state index < -0.39 is 0 Å². The van der Waals surface area contributed by atoms with Gasteiger partial charge in [0.15, 0.2) is 0 Å². The highest BCUT2D eigenvalue weighted by Gasteiger charge is 2.15. The van der Waals surface area contributed by atoms with Crippen LogP contribution in [0.15, 0.2) is 29.0 Å². The van der Waals surface area contributed by atoms with Gasteiger partial charge in [-0.25, -0.2) is 4.98 Å². The van der Waals surface area contributed by atoms with Crippen molar-refractivity contribution in [2.45, 2.75) is 39.8 Å². The van der Waals surface area contributed by atoms with Crippen LogP contribution in [0.2, 0.25) is 0 Å². The summed E-state index contributed by atoms with van der Waals surface area (Å²) in [6.07, 6.45) is 2.48. The molecule has 2 rings (SSSR count). The van der Waals surface area contributed by atoms with Crippen LogP contribution in [-0.2, 0) is 13.0 Å². The molecule has 1 aromatic carbocycles. The quantitative estimate of drug-likeness (QED) is 0.880. The maximum atomic E-state index is 4.38. The van der Waals surface area contributed by atoms with E-state index >= 15 is 0 Å². The molecule has 0 spiro atoms. The molecule has 0 fully saturated rings. The van der Waals surface area contributed by atoms with E-state index in [0.29, 0.717) is 0 Å². The maximum absolute atomic E-state index is 4.38. The van der Waals surface area contributed by atoms with Crippen LogP contribution in [0, 0.1) is 6.92 Å². The molecule has 0 amide bonds. The molecule has 1 unspecified atom stereocenters. The summed E-state index contributed by atoms with van der Waals surface area (Å²) < 4.78 is 3.10. The van der Waals surface area contributed by atoms with Crippen molar-refractivity contribution in [3.05, 3.63) is 46.0 Å². The molecule has 1 heterocycles. The molecule has 1 aromatic heterocycles. The molecule has 0 aliphatic carbocycles. The van der Waals surface area contributed by atoms with E-state index in [2.05, 4.69) is 70.3 Å². The fourth-order valence-electron chi connectivity index (χ4n) is 2.33. The zero-order valence-corrected chi connectivity index (χ0v) is 13.8. The molecule has 5 heteroatoms. The summed E-state index contributed by atoms with van der Waals surface area (Å²) in [6, 6.07) is 6.77. The van der Waals surface area contributed by atoms with E-state index in [1.165, 1.54) is 11.1 Å². The Balaban J connectivity index is 2.24. The first kappa shape index (κ1) is 15.2. The zero-order chi connectivity index (χ0) is 14.5. The first-order chi connectivity index (χ1) is 9.65. The van der Waals surface area contributed by atoms with Gasteiger partial charge in [0, 0.05) is 23.5 Å². The lowest BCUT2D eigenvalue weighted by atomic mass is 10.0. The van der Waals surface area contributed by atoms with Gasteiger partial charge in [-0.2, -0.15) is 5.10 Å². The van der Waals surface area contributed by atoms with Crippen LogP contribution >= 0.6 is 15.9 Å². The SMILES string of the molecule is CCNC(Cc1ncnn1CC)c1ccc(Br)c(C)c1. The molecular formula is C15H21BrN4. The molecule has 0 saturated heterocycles. The molecule has 1 atom stereocenters. The number of nitrogens with one attached hydrogen (secondary N) is 1. The Morgan fingerprint density at radius 1 is 1.35 bits per heavy atom. The Kier molecular flexibility index (Phi) is 5.31. The van der Waals surface area contributed by atoms with Crippen molar-refractivity contribution in [2.75, 3.05) is 6.54 Å². The molecule has 1 N–H and O–H groups in total. The predicted octanol–water partition coefficient (Wildman–Crippen LogP) is 3.26. The molecule has 108 valence electrons. The number of nitrogens with zero attached hydrogens (tertiary/aromatic N) is 3. The molecule has 0 aliphatic rings. The molecule has 20 heavy (non-hydrogen) atoms. The van der Waals surface area contributed by atoms with Crippen molar-refractivity contribution in [3.8, 4) is 0 Å². The monoisotopic (exact) mass is 336 g/mol. The van der Waals surface area contributed by atoms with Gasteiger partial charge in [-0.15, -0.1) is 0 Å². The standard InChI is InChI=1S/C15H21BrN4/c1-4-17-14(9-15-18-10-19-20(15)5-2)12-6-7-13(16)11(3)8-12/h6-8,10,14,17H,4-5,9H2,1-3H3. The lowest BCUT2D eigenvalue weighted by molar-refractivity contribution is 0.509. The van der Waals surface area contributed by atoms with Gasteiger partial charge in [-0.3, -0.25) is 4.68 Å². The van der Waals surface area contributed by atoms with Crippen molar-refractivity contribution >= 4 is 15.9 Å². The van der Waals surface area contributed by atoms with E-state index in [4.69, 9.17) is 0 Å². The summed E-state index contributed by atoms with van der Waals surface area (Å²) in [5.74, 6) is 1.03. The minimum absolute atomic E-state index is 0.265. The van der Waals surface area contributed by atoms with Crippen LogP contribution in [0.3, 0.4) is 0 Å². The number of aromatic nitrogens is 3. The van der Waals surface area contributed by atoms with Crippen LogP contribution in [0.25, 0.3) is 0 Å². The van der Waals surface area contributed by atoms with Crippen molar-refractivity contribution in [3.63, 3.8) is 0 Å². The number of benzene rings is 1. The van der Waals surface area contributed by atoms with Crippen LogP contribution < -0.4 is 5.32 Å². The van der Waals surface area contributed by atoms with E-state index in [1.54, 1.807) is 6.33 Å². The summed E-state index contributed by atoms with van der Waals surface area (Å²) in [5.41, 5.74) is 2.54. The Bertz CT molecular complexity index is 565. The minimum atomic E-state index is 0.265. The van der Waals surface area contributed by atoms with E-state index in [9.17, 15) is 0 Å². The van der Waals surface area contributed by atoms with Crippen LogP contribution in [0.5, 0.6) is 0 Å². The highest BCUT2D eigenvalue weighted by molar-refractivity contribution is 9.10. The van der Waals surface area contributed by atoms with Crippen molar-refractivity contribution < 1.29 is 0 Å². The van der Waals surface area contributed by atoms with Gasteiger partial charge in [0.05, 0.1) is 0 Å². The summed E-state index contributed by atoms with van der Waals surface area (Å²) in [7, 11) is 0. The van der Waals surface area contributed by atoms with Gasteiger partial charge >= 0.3 is 0 Å². The van der Waals surface area contributed by atoms with Gasteiger partial charge in [0.1, 0.15) is 12.2 Å². The van der Waals surface area contributed by atoms with Crippen molar-refractivity contribution in [1.29, 1.82) is 0 Å². The number of likely N-dealkylation sites (N-methyl/N-ethyl adjacent to an activating group) is 1. The predicted molar refractivity (Wildman–Crippen MR) is 84.7 cm³/mol. The number of halogens is 1. The first-order valence-corrected chi connectivity index (χ1v) is 7.81. The molecule has 0 bridgehead atoms. The topological polar surface area (TPSA) is 42.7 Å². The van der Waals surface area contributed by atoms with Gasteiger partial charge < -0.3 is 5.32 Å². The average Bonchev–Trinajstić information content (AvgIpc) is 2.88. The number of hydrogen-bond donors (Lipinski definition) is 1. The summed E-state index contributed by atoms with van der Waals surface area (Å²) >= 11 is 3.55. The second-order valence-corrected chi connectivity index (χ2v) is 5.67. The molecule has 4 nitrogen and oxygen atoms in total. The highest BCUT2D eigenvalue weighted by Crippen LogP contribution is 2.23. The van der Waals surface area contributed by atoms with E-state index in [1.807, 2.05) is 4.68 Å². The van der Waals surface area contributed by atoms with Crippen LogP contribution in [-0.4, -0.2) is 21.3 Å². The van der Waals surface area contributed by atoms with Crippen molar-refractivity contribution in [2.24, 2.45) is 0 Å². The summed E-state index contributed by atoms with van der Waals surface area (Å²) in [6.45, 7) is 8.12. The molecule has 0 saturated carbocycles. The van der Waals surface area contributed by atoms with Gasteiger partial charge in [-0.1, -0.05) is 35.0 Å². The van der Waals surface area contributed by atoms with E-state index in [0.717, 1.165) is 29.8 Å². The Hall–Kier alpha value is -1.20. The average molecular weight is 337 g/mol. The maximum Gasteiger partial charge on any atom is 0.138 e. The van der Waals surface area contributed by atoms with Crippen LogP contribution in [0.4, 0.5) is 0 Å². The van der Waals surface area contributed by atoms with Gasteiger partial charge in [-0.05, 0) is 37.6 Å². The third-order valence-electron chi connectivity index (χ3n) is 3.42. The van der Waals surface area contributed by atoms with E-state index in [-0.39, 0.29) is 6.04 Å². The molecule has 2 aromatic rings. The number of rotatable bonds is 6. The number of hydrogen-bond acceptors (Lipinski definition) is 3. The normalized spacial score (nSPS) is 12.6. The van der Waals surface area contributed by atoms with Gasteiger partial charge in [0.25, 0.3) is 0 Å². The Morgan fingerprint density at radius 2 is 2.15 bits per heavy atom. The Morgan fingerprint density at radius 3 is 2.80 bits per heavy atom. The minimum Gasteiger partial charge on any atom is -0.310 e. The molecule has 0 aliphatic heterocycles. The lowest BCUT2D eigenvalue weighted by Gasteiger charge is -2.19. The number of aryl methyl sites for hydroxylation is 2. The second-order valence-electron chi connectivity index (χ2n) is 4.82. The summed E-state index contributed by atoms with van der Waals surface area (Å²) in [5, 5.41) is 7.78. The highest BCUT2D eigenvalue weighted by atomic mass is 79.9. The third kappa shape index (κ3) is 3.46. The fourth-order valence-corrected chi connectivity index (χ4v) is 2.58. The fraction of sp³-hybridized carbons (Fsp3) is 0.467. The summed E-state index contributed by atoms with van der Waals surface area (Å²) in [4.78, 5) is 4.38. The smallest absolute Gasteiger partial charge is 0.138 e. The largest absolute Gasteiger partial charge is 0.310 e. The first-order valence-electron chi connectivity index (χ1n) is 7.01. The van der Waals surface area contributed by atoms with Crippen molar-refractivity contribution in [1.82, 2.24) is 20.1 Å². The lowest BCUT2D eigenvalue weighted by Crippen LogP contribution is -2.24. The third-order valence-corrected chi connectivity index (χ3v) is 4.31. The zero-order valence-electron chi connectivity index (χ0n) is 12.2. The molecule has 0 radical (unpaired) electrons. The second kappa shape index (κ2) is 6.99.